The average molecular weight is 242 g/mol. The number of aromatic nitrogens is 1. The molecule has 0 N–H and O–H groups in total. The second-order valence-corrected chi connectivity index (χ2v) is 4.37. The topological polar surface area (TPSA) is 33.2 Å². The number of aryl methyl sites for hydroxylation is 1. The lowest BCUT2D eigenvalue weighted by Gasteiger charge is -2.18. The van der Waals surface area contributed by atoms with Gasteiger partial charge in [0.1, 0.15) is 5.69 Å². The van der Waals surface area contributed by atoms with Crippen LogP contribution in [0.2, 0.25) is 0 Å². The number of carbonyl (C=O) groups is 1. The van der Waals surface area contributed by atoms with Crippen molar-refractivity contribution in [3.63, 3.8) is 0 Å². The molecule has 0 spiro atoms. The van der Waals surface area contributed by atoms with Crippen LogP contribution < -0.4 is 0 Å². The maximum absolute atomic E-state index is 12.2. The van der Waals surface area contributed by atoms with Gasteiger partial charge in [-0.15, -0.1) is 0 Å². The van der Waals surface area contributed by atoms with Crippen LogP contribution >= 0.6 is 0 Å². The molecular weight excluding hydrogens is 224 g/mol. The van der Waals surface area contributed by atoms with Crippen LogP contribution in [0.25, 0.3) is 10.9 Å². The van der Waals surface area contributed by atoms with Gasteiger partial charge in [0.05, 0.1) is 5.52 Å². The summed E-state index contributed by atoms with van der Waals surface area (Å²) < 4.78 is 0. The summed E-state index contributed by atoms with van der Waals surface area (Å²) in [7, 11) is 0. The molecule has 1 aromatic carbocycles. The van der Waals surface area contributed by atoms with E-state index >= 15 is 0 Å². The van der Waals surface area contributed by atoms with E-state index in [0.29, 0.717) is 18.8 Å². The van der Waals surface area contributed by atoms with Gasteiger partial charge in [-0.25, -0.2) is 4.98 Å². The molecule has 0 radical (unpaired) electrons. The van der Waals surface area contributed by atoms with Crippen molar-refractivity contribution in [3.05, 3.63) is 41.6 Å². The second kappa shape index (κ2) is 5.17. The van der Waals surface area contributed by atoms with Crippen LogP contribution in [-0.4, -0.2) is 28.9 Å². The number of benzene rings is 1. The van der Waals surface area contributed by atoms with E-state index in [1.165, 1.54) is 5.56 Å². The molecule has 0 aliphatic rings. The number of fused-ring (bicyclic) bond motifs is 1. The first-order valence-corrected chi connectivity index (χ1v) is 6.32. The number of nitrogens with zero attached hydrogens (tertiary/aromatic N) is 2. The fourth-order valence-electron chi connectivity index (χ4n) is 2.04. The lowest BCUT2D eigenvalue weighted by molar-refractivity contribution is 0.0767. The van der Waals surface area contributed by atoms with Crippen molar-refractivity contribution in [1.82, 2.24) is 9.88 Å². The van der Waals surface area contributed by atoms with E-state index in [2.05, 4.69) is 18.0 Å². The minimum atomic E-state index is 0.00229. The van der Waals surface area contributed by atoms with Gasteiger partial charge in [0.15, 0.2) is 0 Å². The molecule has 2 aromatic rings. The molecule has 0 aliphatic carbocycles. The highest BCUT2D eigenvalue weighted by atomic mass is 16.2. The van der Waals surface area contributed by atoms with Crippen LogP contribution in [0, 0.1) is 6.92 Å². The predicted molar refractivity (Wildman–Crippen MR) is 73.7 cm³/mol. The number of carbonyl (C=O) groups excluding carboxylic acids is 1. The van der Waals surface area contributed by atoms with E-state index in [1.54, 1.807) is 4.90 Å². The van der Waals surface area contributed by atoms with Crippen molar-refractivity contribution in [2.75, 3.05) is 13.1 Å². The molecule has 0 bridgehead atoms. The monoisotopic (exact) mass is 242 g/mol. The Hall–Kier alpha value is -1.90. The predicted octanol–water partition coefficient (Wildman–Crippen LogP) is 3.03. The zero-order chi connectivity index (χ0) is 13.1. The quantitative estimate of drug-likeness (QED) is 0.829. The summed E-state index contributed by atoms with van der Waals surface area (Å²) in [5, 5.41) is 1.08. The molecule has 0 saturated carbocycles. The second-order valence-electron chi connectivity index (χ2n) is 4.37. The Morgan fingerprint density at radius 2 is 1.89 bits per heavy atom. The van der Waals surface area contributed by atoms with Gasteiger partial charge >= 0.3 is 0 Å². The Bertz CT molecular complexity index is 574. The van der Waals surface area contributed by atoms with Crippen LogP contribution in [0.4, 0.5) is 0 Å². The van der Waals surface area contributed by atoms with Crippen LogP contribution in [-0.2, 0) is 0 Å². The summed E-state index contributed by atoms with van der Waals surface area (Å²) >= 11 is 0. The largest absolute Gasteiger partial charge is 0.338 e. The Morgan fingerprint density at radius 3 is 2.56 bits per heavy atom. The summed E-state index contributed by atoms with van der Waals surface area (Å²) in [4.78, 5) is 18.4. The first kappa shape index (κ1) is 12.6. The highest BCUT2D eigenvalue weighted by Crippen LogP contribution is 2.15. The lowest BCUT2D eigenvalue weighted by Crippen LogP contribution is -2.31. The van der Waals surface area contributed by atoms with E-state index in [4.69, 9.17) is 0 Å². The summed E-state index contributed by atoms with van der Waals surface area (Å²) in [6, 6.07) is 9.83. The molecule has 0 atom stereocenters. The standard InChI is InChI=1S/C15H18N2O/c1-4-17(5-2)15(18)14-9-7-12-10-11(3)6-8-13(12)16-14/h6-10H,4-5H2,1-3H3. The summed E-state index contributed by atoms with van der Waals surface area (Å²) in [5.74, 6) is 0.00229. The van der Waals surface area contributed by atoms with Crippen molar-refractivity contribution >= 4 is 16.8 Å². The molecule has 2 rings (SSSR count). The minimum Gasteiger partial charge on any atom is -0.338 e. The van der Waals surface area contributed by atoms with Gasteiger partial charge in [0, 0.05) is 18.5 Å². The third-order valence-electron chi connectivity index (χ3n) is 3.11. The van der Waals surface area contributed by atoms with E-state index in [-0.39, 0.29) is 5.91 Å². The number of hydrogen-bond donors (Lipinski definition) is 0. The van der Waals surface area contributed by atoms with Crippen molar-refractivity contribution in [2.45, 2.75) is 20.8 Å². The SMILES string of the molecule is CCN(CC)C(=O)c1ccc2cc(C)ccc2n1. The molecule has 1 amide bonds. The summed E-state index contributed by atoms with van der Waals surface area (Å²) in [5.41, 5.74) is 2.60. The van der Waals surface area contributed by atoms with Gasteiger partial charge in [-0.05, 0) is 39.0 Å². The molecule has 0 fully saturated rings. The molecule has 0 saturated heterocycles. The maximum Gasteiger partial charge on any atom is 0.272 e. The Morgan fingerprint density at radius 1 is 1.17 bits per heavy atom. The normalized spacial score (nSPS) is 10.6. The summed E-state index contributed by atoms with van der Waals surface area (Å²) in [6.07, 6.45) is 0. The van der Waals surface area contributed by atoms with Crippen molar-refractivity contribution in [2.24, 2.45) is 0 Å². The van der Waals surface area contributed by atoms with Gasteiger partial charge in [0.25, 0.3) is 5.91 Å². The van der Waals surface area contributed by atoms with Gasteiger partial charge < -0.3 is 4.90 Å². The molecule has 0 aliphatic heterocycles. The molecule has 94 valence electrons. The molecule has 1 heterocycles. The molecule has 18 heavy (non-hydrogen) atoms. The average Bonchev–Trinajstić information content (AvgIpc) is 2.39. The Labute approximate surface area is 107 Å². The number of rotatable bonds is 3. The van der Waals surface area contributed by atoms with Gasteiger partial charge in [-0.2, -0.15) is 0 Å². The van der Waals surface area contributed by atoms with Gasteiger partial charge in [-0.1, -0.05) is 17.7 Å². The Kier molecular flexibility index (Phi) is 3.60. The first-order chi connectivity index (χ1) is 8.65. The van der Waals surface area contributed by atoms with Gasteiger partial charge in [-0.3, -0.25) is 4.79 Å². The fourth-order valence-corrected chi connectivity index (χ4v) is 2.04. The first-order valence-electron chi connectivity index (χ1n) is 6.32. The Balaban J connectivity index is 2.41. The smallest absolute Gasteiger partial charge is 0.272 e. The van der Waals surface area contributed by atoms with Crippen LogP contribution in [0.3, 0.4) is 0 Å². The zero-order valence-electron chi connectivity index (χ0n) is 11.1. The van der Waals surface area contributed by atoms with Gasteiger partial charge in [0.2, 0.25) is 0 Å². The number of hydrogen-bond acceptors (Lipinski definition) is 2. The third kappa shape index (κ3) is 2.35. The van der Waals surface area contributed by atoms with Crippen molar-refractivity contribution < 1.29 is 4.79 Å². The molecule has 3 nitrogen and oxygen atoms in total. The van der Waals surface area contributed by atoms with Crippen LogP contribution in [0.1, 0.15) is 29.9 Å². The fraction of sp³-hybridized carbons (Fsp3) is 0.333. The highest BCUT2D eigenvalue weighted by Gasteiger charge is 2.13. The molecular formula is C15H18N2O. The lowest BCUT2D eigenvalue weighted by atomic mass is 10.1. The molecule has 0 unspecified atom stereocenters. The molecule has 3 heteroatoms. The van der Waals surface area contributed by atoms with Crippen LogP contribution in [0.5, 0.6) is 0 Å². The highest BCUT2D eigenvalue weighted by molar-refractivity contribution is 5.94. The van der Waals surface area contributed by atoms with E-state index < -0.39 is 0 Å². The van der Waals surface area contributed by atoms with Crippen LogP contribution in [0.15, 0.2) is 30.3 Å². The van der Waals surface area contributed by atoms with E-state index in [9.17, 15) is 4.79 Å². The number of pyridine rings is 1. The minimum absolute atomic E-state index is 0.00229. The van der Waals surface area contributed by atoms with E-state index in [1.807, 2.05) is 38.1 Å². The zero-order valence-corrected chi connectivity index (χ0v) is 11.1. The number of amides is 1. The molecule has 1 aromatic heterocycles. The van der Waals surface area contributed by atoms with Crippen molar-refractivity contribution in [1.29, 1.82) is 0 Å². The van der Waals surface area contributed by atoms with Crippen molar-refractivity contribution in [3.8, 4) is 0 Å². The maximum atomic E-state index is 12.2. The summed E-state index contributed by atoms with van der Waals surface area (Å²) in [6.45, 7) is 7.43. The third-order valence-corrected chi connectivity index (χ3v) is 3.11. The van der Waals surface area contributed by atoms with E-state index in [0.717, 1.165) is 10.9 Å².